The second kappa shape index (κ2) is 6.21. The fourth-order valence-electron chi connectivity index (χ4n) is 1.30. The Labute approximate surface area is 102 Å². The molecule has 1 aromatic rings. The van der Waals surface area contributed by atoms with Crippen molar-refractivity contribution in [1.29, 1.82) is 0 Å². The highest BCUT2D eigenvalue weighted by Gasteiger charge is 2.12. The van der Waals surface area contributed by atoms with Gasteiger partial charge in [-0.2, -0.15) is 0 Å². The topological polar surface area (TPSA) is 38.3 Å². The van der Waals surface area contributed by atoms with E-state index in [2.05, 4.69) is 11.9 Å². The van der Waals surface area contributed by atoms with Gasteiger partial charge in [-0.05, 0) is 50.7 Å². The Morgan fingerprint density at radius 3 is 2.47 bits per heavy atom. The van der Waals surface area contributed by atoms with E-state index in [1.54, 1.807) is 31.3 Å². The van der Waals surface area contributed by atoms with E-state index in [1.165, 1.54) is 0 Å². The Kier molecular flexibility index (Phi) is 4.91. The first-order chi connectivity index (χ1) is 8.04. The number of ketones is 1. The van der Waals surface area contributed by atoms with Gasteiger partial charge in [0.25, 0.3) is 0 Å². The van der Waals surface area contributed by atoms with Gasteiger partial charge in [0.05, 0.1) is 6.04 Å². The normalized spacial score (nSPS) is 11.9. The summed E-state index contributed by atoms with van der Waals surface area (Å²) in [6.07, 6.45) is 0. The van der Waals surface area contributed by atoms with E-state index >= 15 is 0 Å². The molecule has 1 aromatic carbocycles. The lowest BCUT2D eigenvalue weighted by atomic mass is 10.1. The lowest BCUT2D eigenvalue weighted by Gasteiger charge is -2.10. The van der Waals surface area contributed by atoms with Crippen molar-refractivity contribution < 1.29 is 9.53 Å². The zero-order valence-electron chi connectivity index (χ0n) is 10.6. The van der Waals surface area contributed by atoms with E-state index in [1.807, 2.05) is 13.8 Å². The van der Waals surface area contributed by atoms with Gasteiger partial charge in [0.1, 0.15) is 12.4 Å². The summed E-state index contributed by atoms with van der Waals surface area (Å²) in [5, 5.41) is 2.93. The van der Waals surface area contributed by atoms with Crippen molar-refractivity contribution in [1.82, 2.24) is 5.32 Å². The quantitative estimate of drug-likeness (QED) is 0.606. The summed E-state index contributed by atoms with van der Waals surface area (Å²) in [5.41, 5.74) is 1.66. The van der Waals surface area contributed by atoms with Crippen LogP contribution in [0.3, 0.4) is 0 Å². The summed E-state index contributed by atoms with van der Waals surface area (Å²) < 4.78 is 5.46. The monoisotopic (exact) mass is 233 g/mol. The molecule has 0 amide bonds. The molecule has 3 heteroatoms. The van der Waals surface area contributed by atoms with E-state index in [0.717, 1.165) is 11.3 Å². The van der Waals surface area contributed by atoms with Gasteiger partial charge in [0.15, 0.2) is 5.78 Å². The number of Topliss-reactive ketones (excluding diaryl/α,β-unsaturated/α-hetero) is 1. The van der Waals surface area contributed by atoms with Crippen LogP contribution < -0.4 is 10.1 Å². The molecule has 0 saturated carbocycles. The van der Waals surface area contributed by atoms with Gasteiger partial charge in [-0.25, -0.2) is 0 Å². The minimum atomic E-state index is -0.169. The molecule has 0 saturated heterocycles. The molecular formula is C14H19NO2. The largest absolute Gasteiger partial charge is 0.489 e. The van der Waals surface area contributed by atoms with Crippen LogP contribution >= 0.6 is 0 Å². The molecule has 0 bridgehead atoms. The molecule has 0 aromatic heterocycles. The molecule has 17 heavy (non-hydrogen) atoms. The minimum Gasteiger partial charge on any atom is -0.489 e. The van der Waals surface area contributed by atoms with Gasteiger partial charge < -0.3 is 10.1 Å². The molecule has 1 unspecified atom stereocenters. The number of ether oxygens (including phenoxy) is 1. The maximum Gasteiger partial charge on any atom is 0.179 e. The van der Waals surface area contributed by atoms with E-state index in [9.17, 15) is 4.79 Å². The first kappa shape index (κ1) is 13.5. The highest BCUT2D eigenvalue weighted by Crippen LogP contribution is 2.14. The Morgan fingerprint density at radius 2 is 2.00 bits per heavy atom. The number of rotatable bonds is 6. The summed E-state index contributed by atoms with van der Waals surface area (Å²) in [7, 11) is 1.77. The van der Waals surface area contributed by atoms with Crippen LogP contribution in [0, 0.1) is 0 Å². The molecule has 1 N–H and O–H groups in total. The summed E-state index contributed by atoms with van der Waals surface area (Å²) in [4.78, 5) is 11.8. The van der Waals surface area contributed by atoms with E-state index in [4.69, 9.17) is 4.74 Å². The molecule has 92 valence electrons. The molecule has 1 atom stereocenters. The van der Waals surface area contributed by atoms with Gasteiger partial charge in [-0.1, -0.05) is 6.58 Å². The van der Waals surface area contributed by atoms with Crippen molar-refractivity contribution in [3.63, 3.8) is 0 Å². The number of carbonyl (C=O) groups excluding carboxylic acids is 1. The first-order valence-electron chi connectivity index (χ1n) is 5.63. The lowest BCUT2D eigenvalue weighted by molar-refractivity contribution is 0.0955. The Hall–Kier alpha value is -1.61. The second-order valence-electron chi connectivity index (χ2n) is 4.14. The van der Waals surface area contributed by atoms with Crippen molar-refractivity contribution in [3.8, 4) is 5.75 Å². The number of carbonyl (C=O) groups is 1. The molecule has 0 radical (unpaired) electrons. The third kappa shape index (κ3) is 4.04. The molecular weight excluding hydrogens is 214 g/mol. The zero-order valence-corrected chi connectivity index (χ0v) is 10.6. The molecule has 3 nitrogen and oxygen atoms in total. The van der Waals surface area contributed by atoms with Gasteiger partial charge in [0, 0.05) is 5.56 Å². The molecule has 0 fully saturated rings. The van der Waals surface area contributed by atoms with Gasteiger partial charge >= 0.3 is 0 Å². The van der Waals surface area contributed by atoms with Crippen LogP contribution in [0.25, 0.3) is 0 Å². The minimum absolute atomic E-state index is 0.0824. The third-order valence-corrected chi connectivity index (χ3v) is 2.45. The van der Waals surface area contributed by atoms with Gasteiger partial charge in [0.2, 0.25) is 0 Å². The van der Waals surface area contributed by atoms with E-state index in [-0.39, 0.29) is 11.8 Å². The summed E-state index contributed by atoms with van der Waals surface area (Å²) in [6.45, 7) is 8.01. The fourth-order valence-corrected chi connectivity index (χ4v) is 1.30. The number of hydrogen-bond acceptors (Lipinski definition) is 3. The van der Waals surface area contributed by atoms with Gasteiger partial charge in [-0.15, -0.1) is 0 Å². The van der Waals surface area contributed by atoms with E-state index in [0.29, 0.717) is 12.2 Å². The predicted octanol–water partition coefficient (Wildman–Crippen LogP) is 2.43. The standard InChI is InChI=1S/C14H19NO2/c1-10(2)9-17-13-7-5-12(6-8-13)14(16)11(3)15-4/h5-8,11,15H,1,9H2,2-4H3. The van der Waals surface area contributed by atoms with Crippen LogP contribution in [0.5, 0.6) is 5.75 Å². The van der Waals surface area contributed by atoms with Crippen LogP contribution in [-0.2, 0) is 0 Å². The van der Waals surface area contributed by atoms with Crippen molar-refractivity contribution in [2.75, 3.05) is 13.7 Å². The molecule has 0 aliphatic rings. The Morgan fingerprint density at radius 1 is 1.41 bits per heavy atom. The molecule has 0 spiro atoms. The van der Waals surface area contributed by atoms with E-state index < -0.39 is 0 Å². The van der Waals surface area contributed by atoms with Crippen LogP contribution in [0.4, 0.5) is 0 Å². The van der Waals surface area contributed by atoms with Crippen molar-refractivity contribution >= 4 is 5.78 Å². The van der Waals surface area contributed by atoms with Crippen molar-refractivity contribution in [2.45, 2.75) is 19.9 Å². The number of nitrogens with one attached hydrogen (secondary N) is 1. The predicted molar refractivity (Wildman–Crippen MR) is 69.6 cm³/mol. The second-order valence-corrected chi connectivity index (χ2v) is 4.14. The van der Waals surface area contributed by atoms with Crippen LogP contribution in [0.2, 0.25) is 0 Å². The zero-order chi connectivity index (χ0) is 12.8. The van der Waals surface area contributed by atoms with Crippen LogP contribution in [0.1, 0.15) is 24.2 Å². The maximum absolute atomic E-state index is 11.8. The molecule has 0 aliphatic heterocycles. The Balaban J connectivity index is 2.67. The number of hydrogen-bond donors (Lipinski definition) is 1. The van der Waals surface area contributed by atoms with Crippen molar-refractivity contribution in [2.24, 2.45) is 0 Å². The highest BCUT2D eigenvalue weighted by molar-refractivity contribution is 5.99. The van der Waals surface area contributed by atoms with Crippen LogP contribution in [0.15, 0.2) is 36.4 Å². The number of likely N-dealkylation sites (N-methyl/N-ethyl adjacent to an activating group) is 1. The average molecular weight is 233 g/mol. The summed E-state index contributed by atoms with van der Waals surface area (Å²) in [6, 6.07) is 7.00. The Bertz CT molecular complexity index is 395. The lowest BCUT2D eigenvalue weighted by Crippen LogP contribution is -2.30. The summed E-state index contributed by atoms with van der Waals surface area (Å²) in [5.74, 6) is 0.834. The average Bonchev–Trinajstić information content (AvgIpc) is 2.35. The van der Waals surface area contributed by atoms with Gasteiger partial charge in [-0.3, -0.25) is 4.79 Å². The molecule has 0 heterocycles. The fraction of sp³-hybridized carbons (Fsp3) is 0.357. The first-order valence-corrected chi connectivity index (χ1v) is 5.63. The molecule has 0 aliphatic carbocycles. The smallest absolute Gasteiger partial charge is 0.179 e. The molecule has 1 rings (SSSR count). The number of benzene rings is 1. The SMILES string of the molecule is C=C(C)COc1ccc(C(=O)C(C)NC)cc1. The van der Waals surface area contributed by atoms with Crippen LogP contribution in [-0.4, -0.2) is 25.5 Å². The highest BCUT2D eigenvalue weighted by atomic mass is 16.5. The summed E-state index contributed by atoms with van der Waals surface area (Å²) >= 11 is 0. The van der Waals surface area contributed by atoms with Crippen molar-refractivity contribution in [3.05, 3.63) is 42.0 Å². The third-order valence-electron chi connectivity index (χ3n) is 2.45. The maximum atomic E-state index is 11.8.